The van der Waals surface area contributed by atoms with Gasteiger partial charge in [0.2, 0.25) is 11.8 Å². The Morgan fingerprint density at radius 3 is 2.88 bits per heavy atom. The number of amides is 1. The van der Waals surface area contributed by atoms with Gasteiger partial charge in [0.05, 0.1) is 12.4 Å². The summed E-state index contributed by atoms with van der Waals surface area (Å²) < 4.78 is 5.59. The van der Waals surface area contributed by atoms with Crippen molar-refractivity contribution in [3.63, 3.8) is 0 Å². The summed E-state index contributed by atoms with van der Waals surface area (Å²) in [5.74, 6) is 1.06. The van der Waals surface area contributed by atoms with Crippen molar-refractivity contribution >= 4 is 11.6 Å². The molecule has 1 aromatic carbocycles. The number of hydrogen-bond acceptors (Lipinski definition) is 5. The van der Waals surface area contributed by atoms with Crippen LogP contribution in [0.15, 0.2) is 49.1 Å². The SMILES string of the molecule is O=C(Nc1ccc(Oc2cnccn2)cc1)C1CCc2cn[nH]c2C1. The minimum atomic E-state index is -0.0385. The number of anilines is 1. The molecule has 126 valence electrons. The number of nitrogens with zero attached hydrogens (tertiary/aromatic N) is 3. The van der Waals surface area contributed by atoms with Gasteiger partial charge in [-0.1, -0.05) is 0 Å². The Kier molecular flexibility index (Phi) is 4.12. The van der Waals surface area contributed by atoms with E-state index in [4.69, 9.17) is 4.74 Å². The standard InChI is InChI=1S/C18H17N5O2/c24-18(12-1-2-13-10-21-23-16(13)9-12)22-14-3-5-15(6-4-14)25-17-11-19-7-8-20-17/h3-8,10-12H,1-2,9H2,(H,21,23)(H,22,24). The zero-order valence-electron chi connectivity index (χ0n) is 13.5. The molecular formula is C18H17N5O2. The lowest BCUT2D eigenvalue weighted by Gasteiger charge is -2.20. The molecule has 1 atom stereocenters. The van der Waals surface area contributed by atoms with E-state index < -0.39 is 0 Å². The Morgan fingerprint density at radius 2 is 2.08 bits per heavy atom. The van der Waals surface area contributed by atoms with E-state index in [0.717, 1.165) is 24.2 Å². The van der Waals surface area contributed by atoms with Gasteiger partial charge in [0.1, 0.15) is 5.75 Å². The van der Waals surface area contributed by atoms with Crippen molar-refractivity contribution in [1.29, 1.82) is 0 Å². The molecule has 2 N–H and O–H groups in total. The van der Waals surface area contributed by atoms with Gasteiger partial charge in [-0.15, -0.1) is 0 Å². The molecule has 0 saturated heterocycles. The fraction of sp³-hybridized carbons (Fsp3) is 0.222. The summed E-state index contributed by atoms with van der Waals surface area (Å²) in [5.41, 5.74) is 3.03. The summed E-state index contributed by atoms with van der Waals surface area (Å²) >= 11 is 0. The number of hydrogen-bond donors (Lipinski definition) is 2. The predicted octanol–water partition coefficient (Wildman–Crippen LogP) is 2.74. The molecule has 7 nitrogen and oxygen atoms in total. The highest BCUT2D eigenvalue weighted by Gasteiger charge is 2.25. The molecule has 0 fully saturated rings. The van der Waals surface area contributed by atoms with Crippen molar-refractivity contribution in [2.75, 3.05) is 5.32 Å². The largest absolute Gasteiger partial charge is 0.438 e. The second-order valence-electron chi connectivity index (χ2n) is 5.97. The summed E-state index contributed by atoms with van der Waals surface area (Å²) in [6, 6.07) is 7.21. The first kappa shape index (κ1) is 15.3. The van der Waals surface area contributed by atoms with Crippen LogP contribution in [-0.4, -0.2) is 26.1 Å². The summed E-state index contributed by atoms with van der Waals surface area (Å²) in [6.07, 6.45) is 8.97. The fourth-order valence-corrected chi connectivity index (χ4v) is 2.94. The Morgan fingerprint density at radius 1 is 1.20 bits per heavy atom. The highest BCUT2D eigenvalue weighted by molar-refractivity contribution is 5.92. The Balaban J connectivity index is 1.37. The predicted molar refractivity (Wildman–Crippen MR) is 91.3 cm³/mol. The molecule has 1 aliphatic rings. The summed E-state index contributed by atoms with van der Waals surface area (Å²) in [7, 11) is 0. The zero-order valence-corrected chi connectivity index (χ0v) is 13.5. The van der Waals surface area contributed by atoms with Gasteiger partial charge < -0.3 is 10.1 Å². The molecule has 1 amide bonds. The van der Waals surface area contributed by atoms with E-state index in [-0.39, 0.29) is 11.8 Å². The van der Waals surface area contributed by atoms with Gasteiger partial charge >= 0.3 is 0 Å². The van der Waals surface area contributed by atoms with E-state index in [0.29, 0.717) is 18.1 Å². The number of ether oxygens (including phenoxy) is 1. The lowest BCUT2D eigenvalue weighted by atomic mass is 9.87. The zero-order chi connectivity index (χ0) is 17.1. The van der Waals surface area contributed by atoms with Gasteiger partial charge in [0, 0.05) is 36.1 Å². The number of carbonyl (C=O) groups is 1. The van der Waals surface area contributed by atoms with Gasteiger partial charge in [0.15, 0.2) is 0 Å². The van der Waals surface area contributed by atoms with Crippen molar-refractivity contribution in [3.8, 4) is 11.6 Å². The van der Waals surface area contributed by atoms with Crippen LogP contribution in [0.25, 0.3) is 0 Å². The summed E-state index contributed by atoms with van der Waals surface area (Å²) in [5, 5.41) is 9.99. The van der Waals surface area contributed by atoms with Gasteiger partial charge in [-0.25, -0.2) is 4.98 Å². The molecule has 1 aliphatic carbocycles. The third kappa shape index (κ3) is 3.50. The van der Waals surface area contributed by atoms with E-state index in [2.05, 4.69) is 25.5 Å². The molecule has 4 rings (SSSR count). The van der Waals surface area contributed by atoms with Crippen molar-refractivity contribution in [1.82, 2.24) is 20.2 Å². The molecule has 1 unspecified atom stereocenters. The van der Waals surface area contributed by atoms with Crippen LogP contribution in [0, 0.1) is 5.92 Å². The highest BCUT2D eigenvalue weighted by Crippen LogP contribution is 2.26. The molecule has 0 spiro atoms. The van der Waals surface area contributed by atoms with Crippen LogP contribution in [0.3, 0.4) is 0 Å². The van der Waals surface area contributed by atoms with Gasteiger partial charge in [0.25, 0.3) is 0 Å². The third-order valence-electron chi connectivity index (χ3n) is 4.27. The average molecular weight is 335 g/mol. The smallest absolute Gasteiger partial charge is 0.237 e. The number of nitrogens with one attached hydrogen (secondary N) is 2. The summed E-state index contributed by atoms with van der Waals surface area (Å²) in [6.45, 7) is 0. The van der Waals surface area contributed by atoms with Crippen LogP contribution >= 0.6 is 0 Å². The van der Waals surface area contributed by atoms with E-state index in [1.54, 1.807) is 30.7 Å². The average Bonchev–Trinajstić information content (AvgIpc) is 3.12. The van der Waals surface area contributed by atoms with Crippen molar-refractivity contribution in [2.24, 2.45) is 5.92 Å². The van der Waals surface area contributed by atoms with E-state index in [9.17, 15) is 4.79 Å². The van der Waals surface area contributed by atoms with Gasteiger partial charge in [-0.2, -0.15) is 5.10 Å². The number of aromatic nitrogens is 4. The fourth-order valence-electron chi connectivity index (χ4n) is 2.94. The first-order valence-corrected chi connectivity index (χ1v) is 8.14. The van der Waals surface area contributed by atoms with E-state index >= 15 is 0 Å². The number of aromatic amines is 1. The van der Waals surface area contributed by atoms with Crippen LogP contribution in [-0.2, 0) is 17.6 Å². The molecule has 2 aromatic heterocycles. The molecule has 0 bridgehead atoms. The minimum Gasteiger partial charge on any atom is -0.438 e. The quantitative estimate of drug-likeness (QED) is 0.765. The van der Waals surface area contributed by atoms with Gasteiger partial charge in [-0.05, 0) is 42.7 Å². The number of fused-ring (bicyclic) bond motifs is 1. The number of carbonyl (C=O) groups excluding carboxylic acids is 1. The second kappa shape index (κ2) is 6.72. The maximum atomic E-state index is 12.5. The van der Waals surface area contributed by atoms with Crippen LogP contribution < -0.4 is 10.1 Å². The van der Waals surface area contributed by atoms with E-state index in [1.807, 2.05) is 18.3 Å². The molecule has 25 heavy (non-hydrogen) atoms. The van der Waals surface area contributed by atoms with Crippen LogP contribution in [0.2, 0.25) is 0 Å². The van der Waals surface area contributed by atoms with Crippen LogP contribution in [0.5, 0.6) is 11.6 Å². The Bertz CT molecular complexity index is 861. The van der Waals surface area contributed by atoms with E-state index in [1.165, 1.54) is 5.56 Å². The van der Waals surface area contributed by atoms with Crippen LogP contribution in [0.1, 0.15) is 17.7 Å². The number of benzene rings is 1. The second-order valence-corrected chi connectivity index (χ2v) is 5.97. The molecule has 0 saturated carbocycles. The highest BCUT2D eigenvalue weighted by atomic mass is 16.5. The Hall–Kier alpha value is -3.22. The number of H-pyrrole nitrogens is 1. The lowest BCUT2D eigenvalue weighted by Crippen LogP contribution is -2.28. The maximum Gasteiger partial charge on any atom is 0.237 e. The molecule has 0 radical (unpaired) electrons. The van der Waals surface area contributed by atoms with Crippen molar-refractivity contribution in [3.05, 3.63) is 60.3 Å². The monoisotopic (exact) mass is 335 g/mol. The molecular weight excluding hydrogens is 318 g/mol. The van der Waals surface area contributed by atoms with Crippen molar-refractivity contribution < 1.29 is 9.53 Å². The normalized spacial score (nSPS) is 16.1. The third-order valence-corrected chi connectivity index (χ3v) is 4.27. The summed E-state index contributed by atoms with van der Waals surface area (Å²) in [4.78, 5) is 20.5. The van der Waals surface area contributed by atoms with Crippen LogP contribution in [0.4, 0.5) is 5.69 Å². The van der Waals surface area contributed by atoms with Gasteiger partial charge in [-0.3, -0.25) is 14.9 Å². The molecule has 3 aromatic rings. The maximum absolute atomic E-state index is 12.5. The first-order valence-electron chi connectivity index (χ1n) is 8.14. The first-order chi connectivity index (χ1) is 12.3. The molecule has 2 heterocycles. The topological polar surface area (TPSA) is 92.8 Å². The Labute approximate surface area is 144 Å². The molecule has 7 heteroatoms. The number of aryl methyl sites for hydroxylation is 1. The number of rotatable bonds is 4. The minimum absolute atomic E-state index is 0.0304. The molecule has 0 aliphatic heterocycles. The van der Waals surface area contributed by atoms with Crippen molar-refractivity contribution in [2.45, 2.75) is 19.3 Å². The lowest BCUT2D eigenvalue weighted by molar-refractivity contribution is -0.120.